The summed E-state index contributed by atoms with van der Waals surface area (Å²) in [6, 6.07) is 1.45. The number of aromatic nitrogens is 2. The van der Waals surface area contributed by atoms with E-state index in [1.54, 1.807) is 0 Å². The van der Waals surface area contributed by atoms with Gasteiger partial charge in [0.25, 0.3) is 0 Å². The Balaban J connectivity index is 3.29. The van der Waals surface area contributed by atoms with Gasteiger partial charge < -0.3 is 5.11 Å². The molecule has 10 heavy (non-hydrogen) atoms. The Morgan fingerprint density at radius 3 is 2.90 bits per heavy atom. The highest BCUT2D eigenvalue weighted by atomic mass is 16.4. The lowest BCUT2D eigenvalue weighted by atomic mass is 10.6. The topological polar surface area (TPSA) is 79.0 Å². The largest absolute Gasteiger partial charge is 0.464 e. The van der Waals surface area contributed by atoms with E-state index in [-0.39, 0.29) is 5.62 Å². The van der Waals surface area contributed by atoms with Crippen LogP contribution in [0, 0.1) is 5.41 Å². The molecule has 1 aromatic rings. The Hall–Kier alpha value is -1.65. The highest BCUT2D eigenvalue weighted by molar-refractivity contribution is 5.67. The summed E-state index contributed by atoms with van der Waals surface area (Å²) in [6.07, 6.45) is 1.43. The summed E-state index contributed by atoms with van der Waals surface area (Å²) in [6.45, 7) is 0. The van der Waals surface area contributed by atoms with Crippen molar-refractivity contribution in [2.24, 2.45) is 0 Å². The summed E-state index contributed by atoms with van der Waals surface area (Å²) < 4.78 is 0.722. The van der Waals surface area contributed by atoms with Gasteiger partial charge in [-0.15, -0.1) is 0 Å². The Kier molecular flexibility index (Phi) is 1.49. The number of nitrogens with one attached hydrogen (secondary N) is 1. The Bertz CT molecular complexity index is 304. The normalized spacial score (nSPS) is 9.20. The molecule has 0 aliphatic rings. The Morgan fingerprint density at radius 1 is 1.80 bits per heavy atom. The first-order valence-electron chi connectivity index (χ1n) is 2.53. The minimum Gasteiger partial charge on any atom is -0.464 e. The maximum Gasteiger partial charge on any atom is 0.418 e. The Morgan fingerprint density at radius 2 is 2.50 bits per heavy atom. The fourth-order valence-electron chi connectivity index (χ4n) is 0.525. The molecule has 0 saturated carbocycles. The van der Waals surface area contributed by atoms with Crippen molar-refractivity contribution in [3.05, 3.63) is 24.1 Å². The third-order valence-corrected chi connectivity index (χ3v) is 0.952. The molecule has 0 unspecified atom stereocenters. The molecule has 0 amide bonds. The molecule has 0 spiro atoms. The second-order valence-corrected chi connectivity index (χ2v) is 1.60. The lowest BCUT2D eigenvalue weighted by Gasteiger charge is -1.94. The highest BCUT2D eigenvalue weighted by Gasteiger charge is 1.97. The highest BCUT2D eigenvalue weighted by Crippen LogP contribution is 1.75. The van der Waals surface area contributed by atoms with Gasteiger partial charge in [-0.2, -0.15) is 0 Å². The molecule has 0 aliphatic heterocycles. The van der Waals surface area contributed by atoms with E-state index in [1.165, 1.54) is 18.5 Å². The molecule has 0 aliphatic carbocycles. The summed E-state index contributed by atoms with van der Waals surface area (Å²) in [5, 5.41) is 15.3. The second-order valence-electron chi connectivity index (χ2n) is 1.60. The second kappa shape index (κ2) is 2.30. The molecule has 5 heteroatoms. The smallest absolute Gasteiger partial charge is 0.418 e. The number of hydrogen-bond acceptors (Lipinski definition) is 3. The molecule has 5 nitrogen and oxygen atoms in total. The standard InChI is InChI=1S/C5H5N3O2/c6-4-7-2-1-3-8(4)5(9)10/h1-3,6H,(H,9,10). The van der Waals surface area contributed by atoms with Gasteiger partial charge in [0, 0.05) is 12.4 Å². The molecular formula is C5H5N3O2. The number of rotatable bonds is 0. The quantitative estimate of drug-likeness (QED) is 0.526. The molecule has 1 heterocycles. The van der Waals surface area contributed by atoms with Crippen LogP contribution in [0.1, 0.15) is 0 Å². The van der Waals surface area contributed by atoms with Crippen molar-refractivity contribution in [1.82, 2.24) is 9.55 Å². The number of nitrogens with zero attached hydrogens (tertiary/aromatic N) is 2. The lowest BCUT2D eigenvalue weighted by molar-refractivity contribution is 0.194. The van der Waals surface area contributed by atoms with E-state index in [9.17, 15) is 4.79 Å². The maximum atomic E-state index is 10.2. The van der Waals surface area contributed by atoms with Gasteiger partial charge >= 0.3 is 6.09 Å². The molecule has 52 valence electrons. The van der Waals surface area contributed by atoms with Crippen LogP contribution in [0.3, 0.4) is 0 Å². The molecular weight excluding hydrogens is 134 g/mol. The van der Waals surface area contributed by atoms with Crippen LogP contribution in [0.15, 0.2) is 18.5 Å². The van der Waals surface area contributed by atoms with Gasteiger partial charge in [0.05, 0.1) is 0 Å². The summed E-state index contributed by atoms with van der Waals surface area (Å²) >= 11 is 0. The van der Waals surface area contributed by atoms with Crippen molar-refractivity contribution >= 4 is 6.09 Å². The van der Waals surface area contributed by atoms with Crippen molar-refractivity contribution in [2.75, 3.05) is 0 Å². The molecule has 1 rings (SSSR count). The van der Waals surface area contributed by atoms with E-state index in [1.807, 2.05) is 0 Å². The van der Waals surface area contributed by atoms with E-state index in [2.05, 4.69) is 4.98 Å². The molecule has 0 bridgehead atoms. The molecule has 1 aromatic heterocycles. The van der Waals surface area contributed by atoms with Crippen LogP contribution in [0.4, 0.5) is 4.79 Å². The average Bonchev–Trinajstić information content (AvgIpc) is 1.88. The summed E-state index contributed by atoms with van der Waals surface area (Å²) in [5.41, 5.74) is -0.282. The van der Waals surface area contributed by atoms with Gasteiger partial charge in [0.15, 0.2) is 0 Å². The third-order valence-electron chi connectivity index (χ3n) is 0.952. The number of hydrogen-bond donors (Lipinski definition) is 2. The summed E-state index contributed by atoms with van der Waals surface area (Å²) in [7, 11) is 0. The summed E-state index contributed by atoms with van der Waals surface area (Å²) in [4.78, 5) is 13.7. The van der Waals surface area contributed by atoms with Crippen molar-refractivity contribution < 1.29 is 9.90 Å². The van der Waals surface area contributed by atoms with Crippen LogP contribution in [0.5, 0.6) is 0 Å². The van der Waals surface area contributed by atoms with E-state index in [0.717, 1.165) is 4.57 Å². The zero-order valence-electron chi connectivity index (χ0n) is 4.98. The van der Waals surface area contributed by atoms with Crippen LogP contribution in [0.2, 0.25) is 0 Å². The van der Waals surface area contributed by atoms with Crippen molar-refractivity contribution in [2.45, 2.75) is 0 Å². The van der Waals surface area contributed by atoms with Crippen molar-refractivity contribution in [1.29, 1.82) is 5.41 Å². The fraction of sp³-hybridized carbons (Fsp3) is 0. The Labute approximate surface area is 56.1 Å². The van der Waals surface area contributed by atoms with Gasteiger partial charge in [-0.3, -0.25) is 5.41 Å². The first-order valence-corrected chi connectivity index (χ1v) is 2.53. The van der Waals surface area contributed by atoms with E-state index < -0.39 is 6.09 Å². The van der Waals surface area contributed by atoms with E-state index >= 15 is 0 Å². The fourth-order valence-corrected chi connectivity index (χ4v) is 0.525. The van der Waals surface area contributed by atoms with Gasteiger partial charge in [0.2, 0.25) is 5.62 Å². The first-order chi connectivity index (χ1) is 4.72. The van der Waals surface area contributed by atoms with Gasteiger partial charge in [-0.05, 0) is 6.07 Å². The van der Waals surface area contributed by atoms with Gasteiger partial charge in [-0.1, -0.05) is 0 Å². The van der Waals surface area contributed by atoms with Crippen LogP contribution in [0.25, 0.3) is 0 Å². The zero-order chi connectivity index (χ0) is 7.56. The molecule has 0 fully saturated rings. The molecule has 2 N–H and O–H groups in total. The van der Waals surface area contributed by atoms with Crippen LogP contribution in [-0.2, 0) is 0 Å². The molecule has 0 radical (unpaired) electrons. The average molecular weight is 139 g/mol. The molecule has 0 aromatic carbocycles. The molecule has 0 saturated heterocycles. The van der Waals surface area contributed by atoms with Crippen LogP contribution >= 0.6 is 0 Å². The third kappa shape index (κ3) is 1.02. The lowest BCUT2D eigenvalue weighted by Crippen LogP contribution is -2.26. The summed E-state index contributed by atoms with van der Waals surface area (Å²) in [5.74, 6) is 0. The maximum absolute atomic E-state index is 10.2. The monoisotopic (exact) mass is 139 g/mol. The minimum atomic E-state index is -1.20. The predicted molar refractivity (Wildman–Crippen MR) is 31.5 cm³/mol. The predicted octanol–water partition coefficient (Wildman–Crippen LogP) is -0.111. The van der Waals surface area contributed by atoms with Gasteiger partial charge in [0.1, 0.15) is 0 Å². The minimum absolute atomic E-state index is 0.282. The molecule has 0 atom stereocenters. The first kappa shape index (κ1) is 6.47. The number of carbonyl (C=O) groups is 1. The SMILES string of the molecule is N=c1ncccn1C(=O)O. The van der Waals surface area contributed by atoms with Crippen molar-refractivity contribution in [3.8, 4) is 0 Å². The van der Waals surface area contributed by atoms with Gasteiger partial charge in [-0.25, -0.2) is 14.3 Å². The van der Waals surface area contributed by atoms with Crippen molar-refractivity contribution in [3.63, 3.8) is 0 Å². The van der Waals surface area contributed by atoms with E-state index in [0.29, 0.717) is 0 Å². The van der Waals surface area contributed by atoms with E-state index in [4.69, 9.17) is 10.5 Å². The van der Waals surface area contributed by atoms with Crippen LogP contribution < -0.4 is 5.62 Å². The van der Waals surface area contributed by atoms with Crippen LogP contribution in [-0.4, -0.2) is 20.8 Å². The number of carboxylic acid groups (broad SMARTS) is 1. The zero-order valence-corrected chi connectivity index (χ0v) is 4.98.